The van der Waals surface area contributed by atoms with Gasteiger partial charge in [0.1, 0.15) is 0 Å². The molecule has 0 aromatic heterocycles. The van der Waals surface area contributed by atoms with Crippen LogP contribution in [0.15, 0.2) is 24.3 Å². The van der Waals surface area contributed by atoms with Crippen molar-refractivity contribution in [3.8, 4) is 0 Å². The van der Waals surface area contributed by atoms with Crippen molar-refractivity contribution in [3.63, 3.8) is 0 Å². The minimum Gasteiger partial charge on any atom is -0.388 e. The van der Waals surface area contributed by atoms with Crippen molar-refractivity contribution in [2.75, 3.05) is 64.1 Å². The van der Waals surface area contributed by atoms with Crippen molar-refractivity contribution in [3.05, 3.63) is 24.3 Å². The van der Waals surface area contributed by atoms with Crippen LogP contribution in [-0.4, -0.2) is 69.6 Å². The number of carbonyl (C=O) groups is 1. The SMILES string of the molecule is CNc1ccc(N(C)C(=O)CN2CCN(C)CC2)cc1. The Morgan fingerprint density at radius 1 is 1.20 bits per heavy atom. The Labute approximate surface area is 121 Å². The molecule has 1 aromatic carbocycles. The predicted molar refractivity (Wildman–Crippen MR) is 83.3 cm³/mol. The second-order valence-electron chi connectivity index (χ2n) is 5.33. The van der Waals surface area contributed by atoms with E-state index in [-0.39, 0.29) is 5.91 Å². The molecule has 1 aliphatic heterocycles. The van der Waals surface area contributed by atoms with Gasteiger partial charge >= 0.3 is 0 Å². The molecule has 110 valence electrons. The van der Waals surface area contributed by atoms with Crippen LogP contribution in [0, 0.1) is 0 Å². The molecule has 5 nitrogen and oxygen atoms in total. The minimum absolute atomic E-state index is 0.145. The number of hydrogen-bond donors (Lipinski definition) is 1. The standard InChI is InChI=1S/C15H24N4O/c1-16-13-4-6-14(7-5-13)18(3)15(20)12-19-10-8-17(2)9-11-19/h4-7,16H,8-12H2,1-3H3. The van der Waals surface area contributed by atoms with Gasteiger partial charge in [-0.25, -0.2) is 0 Å². The first-order chi connectivity index (χ1) is 9.60. The van der Waals surface area contributed by atoms with Gasteiger partial charge in [0, 0.05) is 51.6 Å². The van der Waals surface area contributed by atoms with E-state index in [1.54, 1.807) is 4.90 Å². The number of piperazine rings is 1. The normalized spacial score (nSPS) is 16.9. The van der Waals surface area contributed by atoms with Gasteiger partial charge in [-0.05, 0) is 31.3 Å². The van der Waals surface area contributed by atoms with Gasteiger partial charge in [0.05, 0.1) is 6.54 Å². The van der Waals surface area contributed by atoms with E-state index in [4.69, 9.17) is 0 Å². The van der Waals surface area contributed by atoms with Crippen molar-refractivity contribution < 1.29 is 4.79 Å². The molecule has 0 saturated carbocycles. The van der Waals surface area contributed by atoms with Crippen LogP contribution in [0.25, 0.3) is 0 Å². The van der Waals surface area contributed by atoms with Gasteiger partial charge in [-0.3, -0.25) is 9.69 Å². The quantitative estimate of drug-likeness (QED) is 0.888. The molecule has 0 unspecified atom stereocenters. The summed E-state index contributed by atoms with van der Waals surface area (Å²) in [4.78, 5) is 18.6. The van der Waals surface area contributed by atoms with E-state index in [2.05, 4.69) is 22.2 Å². The van der Waals surface area contributed by atoms with Gasteiger partial charge in [0.25, 0.3) is 0 Å². The highest BCUT2D eigenvalue weighted by atomic mass is 16.2. The van der Waals surface area contributed by atoms with Gasteiger partial charge < -0.3 is 15.1 Å². The zero-order valence-corrected chi connectivity index (χ0v) is 12.6. The highest BCUT2D eigenvalue weighted by molar-refractivity contribution is 5.94. The van der Waals surface area contributed by atoms with Crippen LogP contribution in [0.2, 0.25) is 0 Å². The second-order valence-corrected chi connectivity index (χ2v) is 5.33. The second kappa shape index (κ2) is 6.72. The Morgan fingerprint density at radius 2 is 1.80 bits per heavy atom. The van der Waals surface area contributed by atoms with E-state index in [1.807, 2.05) is 38.4 Å². The number of anilines is 2. The van der Waals surface area contributed by atoms with Crippen LogP contribution in [0.5, 0.6) is 0 Å². The largest absolute Gasteiger partial charge is 0.388 e. The lowest BCUT2D eigenvalue weighted by Gasteiger charge is -2.32. The molecule has 2 rings (SSSR count). The van der Waals surface area contributed by atoms with Gasteiger partial charge in [-0.1, -0.05) is 0 Å². The molecule has 1 amide bonds. The Hall–Kier alpha value is -1.59. The van der Waals surface area contributed by atoms with Gasteiger partial charge in [-0.2, -0.15) is 0 Å². The fourth-order valence-corrected chi connectivity index (χ4v) is 2.30. The minimum atomic E-state index is 0.145. The molecule has 1 aromatic rings. The highest BCUT2D eigenvalue weighted by Crippen LogP contribution is 2.16. The van der Waals surface area contributed by atoms with Crippen LogP contribution in [0.4, 0.5) is 11.4 Å². The monoisotopic (exact) mass is 276 g/mol. The summed E-state index contributed by atoms with van der Waals surface area (Å²) in [5, 5.41) is 3.08. The third-order valence-electron chi connectivity index (χ3n) is 3.87. The van der Waals surface area contributed by atoms with Crippen LogP contribution in [-0.2, 0) is 4.79 Å². The maximum atomic E-state index is 12.3. The van der Waals surface area contributed by atoms with Crippen molar-refractivity contribution in [1.29, 1.82) is 0 Å². The van der Waals surface area contributed by atoms with Crippen molar-refractivity contribution in [2.45, 2.75) is 0 Å². The zero-order valence-electron chi connectivity index (χ0n) is 12.6. The number of nitrogens with one attached hydrogen (secondary N) is 1. The van der Waals surface area contributed by atoms with E-state index < -0.39 is 0 Å². The predicted octanol–water partition coefficient (Wildman–Crippen LogP) is 0.939. The summed E-state index contributed by atoms with van der Waals surface area (Å²) in [6, 6.07) is 7.89. The van der Waals surface area contributed by atoms with Crippen LogP contribution in [0.1, 0.15) is 0 Å². The summed E-state index contributed by atoms with van der Waals surface area (Å²) in [5.41, 5.74) is 1.98. The Morgan fingerprint density at radius 3 is 2.35 bits per heavy atom. The van der Waals surface area contributed by atoms with Crippen LogP contribution >= 0.6 is 0 Å². The molecular weight excluding hydrogens is 252 g/mol. The molecule has 0 aliphatic carbocycles. The van der Waals surface area contributed by atoms with Crippen molar-refractivity contribution >= 4 is 17.3 Å². The van der Waals surface area contributed by atoms with Crippen molar-refractivity contribution in [2.24, 2.45) is 0 Å². The summed E-state index contributed by atoms with van der Waals surface area (Å²) in [6.45, 7) is 4.50. The molecule has 5 heteroatoms. The molecule has 1 aliphatic rings. The zero-order chi connectivity index (χ0) is 14.5. The fourth-order valence-electron chi connectivity index (χ4n) is 2.30. The highest BCUT2D eigenvalue weighted by Gasteiger charge is 2.19. The molecule has 1 saturated heterocycles. The summed E-state index contributed by atoms with van der Waals surface area (Å²) in [7, 11) is 5.85. The fraction of sp³-hybridized carbons (Fsp3) is 0.533. The molecule has 0 spiro atoms. The first-order valence-electron chi connectivity index (χ1n) is 7.05. The molecular formula is C15H24N4O. The summed E-state index contributed by atoms with van der Waals surface area (Å²) in [5.74, 6) is 0.145. The number of nitrogens with zero attached hydrogens (tertiary/aromatic N) is 3. The maximum absolute atomic E-state index is 12.3. The van der Waals surface area contributed by atoms with Crippen LogP contribution in [0.3, 0.4) is 0 Å². The average molecular weight is 276 g/mol. The number of rotatable bonds is 4. The summed E-state index contributed by atoms with van der Waals surface area (Å²) >= 11 is 0. The number of hydrogen-bond acceptors (Lipinski definition) is 4. The topological polar surface area (TPSA) is 38.8 Å². The third-order valence-corrected chi connectivity index (χ3v) is 3.87. The van der Waals surface area contributed by atoms with E-state index in [0.29, 0.717) is 6.54 Å². The summed E-state index contributed by atoms with van der Waals surface area (Å²) in [6.07, 6.45) is 0. The van der Waals surface area contributed by atoms with E-state index in [0.717, 1.165) is 37.6 Å². The van der Waals surface area contributed by atoms with E-state index >= 15 is 0 Å². The van der Waals surface area contributed by atoms with E-state index in [1.165, 1.54) is 0 Å². The Kier molecular flexibility index (Phi) is 4.98. The van der Waals surface area contributed by atoms with Gasteiger partial charge in [0.2, 0.25) is 5.91 Å². The first kappa shape index (κ1) is 14.8. The molecule has 0 bridgehead atoms. The molecule has 1 heterocycles. The number of amides is 1. The lowest BCUT2D eigenvalue weighted by molar-refractivity contribution is -0.119. The molecule has 1 N–H and O–H groups in total. The van der Waals surface area contributed by atoms with Gasteiger partial charge in [-0.15, -0.1) is 0 Å². The molecule has 20 heavy (non-hydrogen) atoms. The maximum Gasteiger partial charge on any atom is 0.240 e. The van der Waals surface area contributed by atoms with Crippen molar-refractivity contribution in [1.82, 2.24) is 9.80 Å². The molecule has 0 radical (unpaired) electrons. The first-order valence-corrected chi connectivity index (χ1v) is 7.05. The molecule has 0 atom stereocenters. The lowest BCUT2D eigenvalue weighted by Crippen LogP contribution is -2.48. The number of benzene rings is 1. The van der Waals surface area contributed by atoms with Gasteiger partial charge in [0.15, 0.2) is 0 Å². The molecule has 1 fully saturated rings. The average Bonchev–Trinajstić information content (AvgIpc) is 2.49. The smallest absolute Gasteiger partial charge is 0.240 e. The summed E-state index contributed by atoms with van der Waals surface area (Å²) < 4.78 is 0. The third kappa shape index (κ3) is 3.71. The number of likely N-dealkylation sites (N-methyl/N-ethyl adjacent to an activating group) is 2. The van der Waals surface area contributed by atoms with Crippen LogP contribution < -0.4 is 10.2 Å². The van der Waals surface area contributed by atoms with E-state index in [9.17, 15) is 4.79 Å². The Balaban J connectivity index is 1.90. The lowest BCUT2D eigenvalue weighted by atomic mass is 10.2. The Bertz CT molecular complexity index is 438. The number of carbonyl (C=O) groups excluding carboxylic acids is 1.